The van der Waals surface area contributed by atoms with Gasteiger partial charge in [0.2, 0.25) is 0 Å². The van der Waals surface area contributed by atoms with Crippen molar-refractivity contribution in [3.05, 3.63) is 230 Å². The van der Waals surface area contributed by atoms with Gasteiger partial charge in [-0.3, -0.25) is 0 Å². The van der Waals surface area contributed by atoms with Gasteiger partial charge in [0, 0.05) is 9.52 Å². The molecule has 0 nitrogen and oxygen atoms in total. The van der Waals surface area contributed by atoms with E-state index in [-0.39, 0.29) is 0 Å². The number of fused-ring (bicyclic) bond motifs is 2. The zero-order valence-corrected chi connectivity index (χ0v) is 41.9. The third-order valence-electron chi connectivity index (χ3n) is 11.5. The number of aryl methyl sites for hydroxylation is 2. The molecule has 2 radical (unpaired) electrons. The van der Waals surface area contributed by atoms with Crippen LogP contribution in [0.15, 0.2) is 218 Å². The fraction of sp³-hybridized carbons (Fsp3) is 0.100. The van der Waals surface area contributed by atoms with E-state index in [0.29, 0.717) is 0 Å². The maximum absolute atomic E-state index is 4.93. The molecule has 0 bridgehead atoms. The van der Waals surface area contributed by atoms with E-state index in [4.69, 9.17) is 17.0 Å². The molecule has 0 saturated heterocycles. The first kappa shape index (κ1) is 46.6. The van der Waals surface area contributed by atoms with E-state index in [1.807, 2.05) is 0 Å². The standard InChI is InChI=1S/2C29H23.C2H6Si.2ClH.Zr/c2*1-2-21-11-9-10-16-26(21)29-27(23-14-7-4-8-15-23)18-17-24-19-25(20-28(24)29)22-12-5-3-6-13-22;1-3-2;;;/h2*3-20H,2H2,1H3;1-2H3;2*1H;/q2*-1;;;;+4/p-2. The third kappa shape index (κ3) is 10.9. The molecule has 4 heteroatoms. The van der Waals surface area contributed by atoms with E-state index in [0.717, 1.165) is 22.4 Å². The average Bonchev–Trinajstić information content (AvgIpc) is 4.01. The summed E-state index contributed by atoms with van der Waals surface area (Å²) in [6.07, 6.45) is 2.04. The Morgan fingerprint density at radius 1 is 0.391 bits per heavy atom. The van der Waals surface area contributed by atoms with Crippen LogP contribution < -0.4 is 0 Å². The molecule has 0 saturated carbocycles. The summed E-state index contributed by atoms with van der Waals surface area (Å²) in [5.74, 6) is 0. The molecular formula is C60H52Cl2SiZr. The van der Waals surface area contributed by atoms with E-state index in [9.17, 15) is 0 Å². The van der Waals surface area contributed by atoms with Gasteiger partial charge in [-0.2, -0.15) is 0 Å². The van der Waals surface area contributed by atoms with Crippen molar-refractivity contribution in [3.63, 3.8) is 0 Å². The molecule has 0 unspecified atom stereocenters. The summed E-state index contributed by atoms with van der Waals surface area (Å²) in [6.45, 7) is 8.78. The van der Waals surface area contributed by atoms with Crippen molar-refractivity contribution >= 4 is 48.1 Å². The van der Waals surface area contributed by atoms with E-state index in [1.165, 1.54) is 99.4 Å². The third-order valence-corrected chi connectivity index (χ3v) is 11.5. The van der Waals surface area contributed by atoms with Gasteiger partial charge in [-0.15, -0.1) is 69.1 Å². The number of hydrogen-bond donors (Lipinski definition) is 0. The molecule has 0 aromatic heterocycles. The van der Waals surface area contributed by atoms with Gasteiger partial charge in [-0.25, -0.2) is 0 Å². The first-order chi connectivity index (χ1) is 31.5. The molecule has 64 heavy (non-hydrogen) atoms. The van der Waals surface area contributed by atoms with E-state index >= 15 is 0 Å². The fourth-order valence-corrected chi connectivity index (χ4v) is 8.60. The molecule has 0 aliphatic rings. The number of rotatable bonds is 8. The molecule has 314 valence electrons. The van der Waals surface area contributed by atoms with Gasteiger partial charge in [0.1, 0.15) is 0 Å². The molecule has 0 amide bonds. The first-order valence-electron chi connectivity index (χ1n) is 21.9. The SMILES string of the molecule is CCc1ccccc1-c1c(-c2ccccc2)ccc2[cH-]c(-c3ccccc3)cc12.CCc1ccccc1-c1c(-c2ccccc2)ccc2[cH-]c(-c3ccccc3)cc12.C[Si]C.[Cl][Zr+2][Cl]. The first-order valence-corrected chi connectivity index (χ1v) is 30.3. The molecule has 0 atom stereocenters. The molecule has 10 rings (SSSR count). The van der Waals surface area contributed by atoms with Crippen LogP contribution in [0.5, 0.6) is 0 Å². The van der Waals surface area contributed by atoms with Gasteiger partial charge < -0.3 is 0 Å². The van der Waals surface area contributed by atoms with Crippen LogP contribution in [0, 0.1) is 0 Å². The topological polar surface area (TPSA) is 0 Å². The summed E-state index contributed by atoms with van der Waals surface area (Å²) in [7, 11) is 11.0. The molecule has 10 aromatic rings. The van der Waals surface area contributed by atoms with Gasteiger partial charge in [0.25, 0.3) is 0 Å². The predicted octanol–water partition coefficient (Wildman–Crippen LogP) is 18.4. The Balaban J connectivity index is 0.000000171. The van der Waals surface area contributed by atoms with Crippen molar-refractivity contribution in [3.8, 4) is 66.8 Å². The molecule has 0 fully saturated rings. The predicted molar refractivity (Wildman–Crippen MR) is 280 cm³/mol. The molecule has 10 aromatic carbocycles. The van der Waals surface area contributed by atoms with Crippen LogP contribution in [0.3, 0.4) is 0 Å². The minimum absolute atomic E-state index is 0.826. The number of hydrogen-bond acceptors (Lipinski definition) is 0. The Morgan fingerprint density at radius 3 is 1.02 bits per heavy atom. The van der Waals surface area contributed by atoms with Crippen LogP contribution in [-0.4, -0.2) is 9.52 Å². The zero-order chi connectivity index (χ0) is 44.7. The van der Waals surface area contributed by atoms with E-state index in [1.54, 1.807) is 0 Å². The van der Waals surface area contributed by atoms with Crippen LogP contribution in [0.2, 0.25) is 13.1 Å². The maximum atomic E-state index is 4.93. The Kier molecular flexibility index (Phi) is 17.2. The van der Waals surface area contributed by atoms with Crippen LogP contribution in [0.1, 0.15) is 25.0 Å². The summed E-state index contributed by atoms with van der Waals surface area (Å²) >= 11 is -0.826. The van der Waals surface area contributed by atoms with Gasteiger partial charge in [0.05, 0.1) is 0 Å². The second kappa shape index (κ2) is 23.5. The second-order valence-electron chi connectivity index (χ2n) is 15.5. The summed E-state index contributed by atoms with van der Waals surface area (Å²) in [6, 6.07) is 78.9. The average molecular weight is 963 g/mol. The van der Waals surface area contributed by atoms with Crippen molar-refractivity contribution in [1.82, 2.24) is 0 Å². The van der Waals surface area contributed by atoms with Gasteiger partial charge in [-0.1, -0.05) is 220 Å². The summed E-state index contributed by atoms with van der Waals surface area (Å²) in [5, 5.41) is 5.24. The molecular weight excluding hydrogens is 911 g/mol. The molecule has 0 aliphatic carbocycles. The van der Waals surface area contributed by atoms with Crippen molar-refractivity contribution in [1.29, 1.82) is 0 Å². The monoisotopic (exact) mass is 960 g/mol. The van der Waals surface area contributed by atoms with Gasteiger partial charge in [0.15, 0.2) is 0 Å². The molecule has 0 spiro atoms. The molecule has 0 N–H and O–H groups in total. The fourth-order valence-electron chi connectivity index (χ4n) is 8.60. The van der Waals surface area contributed by atoms with Gasteiger partial charge in [-0.05, 0) is 68.5 Å². The zero-order valence-electron chi connectivity index (χ0n) is 37.0. The summed E-state index contributed by atoms with van der Waals surface area (Å²) in [4.78, 5) is 0. The normalized spacial score (nSPS) is 10.5. The second-order valence-corrected chi connectivity index (χ2v) is 20.3. The Hall–Kier alpha value is -5.34. The van der Waals surface area contributed by atoms with Crippen LogP contribution in [0.25, 0.3) is 88.3 Å². The Labute approximate surface area is 401 Å². The Morgan fingerprint density at radius 2 is 0.688 bits per heavy atom. The Bertz CT molecular complexity index is 2780. The molecule has 0 aliphatic heterocycles. The van der Waals surface area contributed by atoms with Crippen LogP contribution in [-0.2, 0) is 33.7 Å². The van der Waals surface area contributed by atoms with Crippen LogP contribution in [0.4, 0.5) is 0 Å². The minimum atomic E-state index is -0.826. The van der Waals surface area contributed by atoms with E-state index in [2.05, 4.69) is 245 Å². The summed E-state index contributed by atoms with van der Waals surface area (Å²) in [5.41, 5.74) is 18.3. The van der Waals surface area contributed by atoms with Crippen molar-refractivity contribution in [2.45, 2.75) is 39.8 Å². The van der Waals surface area contributed by atoms with Crippen LogP contribution >= 0.6 is 17.0 Å². The summed E-state index contributed by atoms with van der Waals surface area (Å²) < 4.78 is 0. The van der Waals surface area contributed by atoms with Crippen molar-refractivity contribution in [2.75, 3.05) is 0 Å². The number of benzene rings is 8. The van der Waals surface area contributed by atoms with E-state index < -0.39 is 20.8 Å². The molecule has 0 heterocycles. The van der Waals surface area contributed by atoms with Gasteiger partial charge >= 0.3 is 37.9 Å². The van der Waals surface area contributed by atoms with Crippen molar-refractivity contribution < 1.29 is 20.8 Å². The quantitative estimate of drug-likeness (QED) is 0.105. The number of halogens is 2. The van der Waals surface area contributed by atoms with Crippen molar-refractivity contribution in [2.24, 2.45) is 0 Å².